The average molecular weight is 392 g/mol. The van der Waals surface area contributed by atoms with Gasteiger partial charge >= 0.3 is 0 Å². The van der Waals surface area contributed by atoms with Gasteiger partial charge in [0.2, 0.25) is 12.3 Å². The molecule has 0 bridgehead atoms. The van der Waals surface area contributed by atoms with Crippen LogP contribution < -0.4 is 10.1 Å². The van der Waals surface area contributed by atoms with E-state index in [-0.39, 0.29) is 11.8 Å². The minimum atomic E-state index is -0.0698. The molecule has 1 aliphatic heterocycles. The monoisotopic (exact) mass is 392 g/mol. The number of ether oxygens (including phenoxy) is 1. The molecule has 1 N–H and O–H groups in total. The van der Waals surface area contributed by atoms with Crippen molar-refractivity contribution in [3.05, 3.63) is 60.7 Å². The maximum Gasteiger partial charge on any atom is 0.228 e. The Morgan fingerprint density at radius 2 is 2.07 bits per heavy atom. The molecule has 1 fully saturated rings. The Morgan fingerprint density at radius 3 is 2.83 bits per heavy atom. The van der Waals surface area contributed by atoms with Crippen LogP contribution in [0.25, 0.3) is 11.1 Å². The summed E-state index contributed by atoms with van der Waals surface area (Å²) in [7, 11) is 1.65. The number of hydrogen-bond acceptors (Lipinski definition) is 6. The number of nitrogens with zero attached hydrogens (tertiary/aromatic N) is 3. The van der Waals surface area contributed by atoms with Gasteiger partial charge in [0.15, 0.2) is 5.82 Å². The maximum atomic E-state index is 13.0. The summed E-state index contributed by atoms with van der Waals surface area (Å²) < 4.78 is 10.0. The maximum absolute atomic E-state index is 13.0. The van der Waals surface area contributed by atoms with Crippen molar-refractivity contribution in [1.29, 1.82) is 0 Å². The second kappa shape index (κ2) is 8.87. The molecule has 2 aromatic carbocycles. The van der Waals surface area contributed by atoms with Gasteiger partial charge in [-0.15, -0.1) is 0 Å². The van der Waals surface area contributed by atoms with Gasteiger partial charge in [0.05, 0.1) is 19.6 Å². The fraction of sp³-hybridized carbons (Fsp3) is 0.318. The number of aromatic nitrogens is 2. The van der Waals surface area contributed by atoms with Crippen molar-refractivity contribution in [2.75, 3.05) is 25.5 Å². The molecule has 3 aromatic rings. The molecular weight excluding hydrogens is 368 g/mol. The minimum Gasteiger partial charge on any atom is -0.497 e. The second-order valence-electron chi connectivity index (χ2n) is 7.19. The highest BCUT2D eigenvalue weighted by atomic mass is 16.5. The summed E-state index contributed by atoms with van der Waals surface area (Å²) in [6.45, 7) is 2.22. The molecule has 0 aliphatic carbocycles. The second-order valence-corrected chi connectivity index (χ2v) is 7.19. The predicted molar refractivity (Wildman–Crippen MR) is 109 cm³/mol. The minimum absolute atomic E-state index is 0.0452. The lowest BCUT2D eigenvalue weighted by molar-refractivity contribution is -0.121. The number of nitrogens with one attached hydrogen (secondary N) is 1. The van der Waals surface area contributed by atoms with Crippen molar-refractivity contribution < 1.29 is 14.1 Å². The number of para-hydroxylation sites is 1. The van der Waals surface area contributed by atoms with E-state index >= 15 is 0 Å². The summed E-state index contributed by atoms with van der Waals surface area (Å²) in [6, 6.07) is 15.7. The third-order valence-electron chi connectivity index (χ3n) is 5.23. The molecule has 0 saturated carbocycles. The van der Waals surface area contributed by atoms with Gasteiger partial charge in [-0.1, -0.05) is 35.5 Å². The van der Waals surface area contributed by atoms with E-state index in [1.807, 2.05) is 48.5 Å². The normalized spacial score (nSPS) is 17.1. The Bertz CT molecular complexity index is 941. The van der Waals surface area contributed by atoms with Gasteiger partial charge in [-0.05, 0) is 43.1 Å². The molecule has 4 rings (SSSR count). The van der Waals surface area contributed by atoms with E-state index in [1.54, 1.807) is 7.11 Å². The third kappa shape index (κ3) is 4.63. The highest BCUT2D eigenvalue weighted by Gasteiger charge is 2.27. The van der Waals surface area contributed by atoms with Crippen LogP contribution in [0.4, 0.5) is 5.69 Å². The van der Waals surface area contributed by atoms with Gasteiger partial charge in [-0.3, -0.25) is 9.69 Å². The van der Waals surface area contributed by atoms with E-state index < -0.39 is 0 Å². The van der Waals surface area contributed by atoms with E-state index in [2.05, 4.69) is 20.4 Å². The van der Waals surface area contributed by atoms with Gasteiger partial charge in [0.1, 0.15) is 5.75 Å². The zero-order valence-corrected chi connectivity index (χ0v) is 16.4. The molecular formula is C22H24N4O3. The van der Waals surface area contributed by atoms with Crippen LogP contribution in [0.15, 0.2) is 59.4 Å². The molecule has 7 nitrogen and oxygen atoms in total. The van der Waals surface area contributed by atoms with Gasteiger partial charge in [-0.25, -0.2) is 0 Å². The van der Waals surface area contributed by atoms with Crippen LogP contribution in [0.2, 0.25) is 0 Å². The number of benzene rings is 2. The lowest BCUT2D eigenvalue weighted by Crippen LogP contribution is -2.40. The average Bonchev–Trinajstić information content (AvgIpc) is 3.27. The van der Waals surface area contributed by atoms with E-state index in [0.29, 0.717) is 18.9 Å². The Kier molecular flexibility index (Phi) is 5.86. The lowest BCUT2D eigenvalue weighted by Gasteiger charge is -2.31. The molecule has 1 saturated heterocycles. The van der Waals surface area contributed by atoms with Crippen LogP contribution in [0.5, 0.6) is 5.75 Å². The number of rotatable bonds is 6. The SMILES string of the molecule is COc1ccc(-c2ccccc2NC(=O)[C@H]2CCCN(Cc3ncon3)C2)cc1. The van der Waals surface area contributed by atoms with Crippen molar-refractivity contribution in [2.24, 2.45) is 5.92 Å². The summed E-state index contributed by atoms with van der Waals surface area (Å²) in [5.41, 5.74) is 2.84. The first-order valence-electron chi connectivity index (χ1n) is 9.75. The Labute approximate surface area is 169 Å². The van der Waals surface area contributed by atoms with E-state index in [1.165, 1.54) is 6.39 Å². The van der Waals surface area contributed by atoms with E-state index in [0.717, 1.165) is 42.0 Å². The van der Waals surface area contributed by atoms with Crippen molar-refractivity contribution in [3.63, 3.8) is 0 Å². The van der Waals surface area contributed by atoms with E-state index in [9.17, 15) is 4.79 Å². The summed E-state index contributed by atoms with van der Waals surface area (Å²) in [4.78, 5) is 19.3. The van der Waals surface area contributed by atoms with Crippen LogP contribution >= 0.6 is 0 Å². The third-order valence-corrected chi connectivity index (χ3v) is 5.23. The number of hydrogen-bond donors (Lipinski definition) is 1. The molecule has 2 heterocycles. The fourth-order valence-corrected chi connectivity index (χ4v) is 3.72. The van der Waals surface area contributed by atoms with Crippen molar-refractivity contribution in [3.8, 4) is 16.9 Å². The van der Waals surface area contributed by atoms with Crippen LogP contribution in [0.3, 0.4) is 0 Å². The molecule has 1 aromatic heterocycles. The summed E-state index contributed by atoms with van der Waals surface area (Å²) in [5, 5.41) is 7.01. The number of methoxy groups -OCH3 is 1. The van der Waals surface area contributed by atoms with Gasteiger partial charge < -0.3 is 14.6 Å². The first-order valence-corrected chi connectivity index (χ1v) is 9.75. The molecule has 7 heteroatoms. The largest absolute Gasteiger partial charge is 0.497 e. The number of carbonyl (C=O) groups is 1. The summed E-state index contributed by atoms with van der Waals surface area (Å²) >= 11 is 0. The first-order chi connectivity index (χ1) is 14.2. The summed E-state index contributed by atoms with van der Waals surface area (Å²) in [6.07, 6.45) is 3.18. The van der Waals surface area contributed by atoms with Crippen LogP contribution in [-0.2, 0) is 11.3 Å². The molecule has 0 unspecified atom stereocenters. The quantitative estimate of drug-likeness (QED) is 0.690. The molecule has 1 amide bonds. The van der Waals surface area contributed by atoms with Crippen molar-refractivity contribution in [1.82, 2.24) is 15.0 Å². The smallest absolute Gasteiger partial charge is 0.228 e. The van der Waals surface area contributed by atoms with E-state index in [4.69, 9.17) is 9.26 Å². The van der Waals surface area contributed by atoms with Crippen LogP contribution in [0.1, 0.15) is 18.7 Å². The molecule has 1 aliphatic rings. The van der Waals surface area contributed by atoms with Gasteiger partial charge in [-0.2, -0.15) is 4.98 Å². The molecule has 150 valence electrons. The Balaban J connectivity index is 1.45. The fourth-order valence-electron chi connectivity index (χ4n) is 3.72. The molecule has 1 atom stereocenters. The summed E-state index contributed by atoms with van der Waals surface area (Å²) in [5.74, 6) is 1.43. The zero-order valence-electron chi connectivity index (χ0n) is 16.4. The number of anilines is 1. The van der Waals surface area contributed by atoms with Gasteiger partial charge in [0, 0.05) is 17.8 Å². The number of carbonyl (C=O) groups excluding carboxylic acids is 1. The lowest BCUT2D eigenvalue weighted by atomic mass is 9.96. The zero-order chi connectivity index (χ0) is 20.1. The predicted octanol–water partition coefficient (Wildman–Crippen LogP) is 3.60. The number of likely N-dealkylation sites (tertiary alicyclic amines) is 1. The Morgan fingerprint density at radius 1 is 1.24 bits per heavy atom. The van der Waals surface area contributed by atoms with Crippen molar-refractivity contribution >= 4 is 11.6 Å². The number of piperidine rings is 1. The van der Waals surface area contributed by atoms with Crippen molar-refractivity contribution in [2.45, 2.75) is 19.4 Å². The molecule has 0 radical (unpaired) electrons. The molecule has 0 spiro atoms. The Hall–Kier alpha value is -3.19. The van der Waals surface area contributed by atoms with Crippen LogP contribution in [-0.4, -0.2) is 41.1 Å². The van der Waals surface area contributed by atoms with Crippen LogP contribution in [0, 0.1) is 5.92 Å². The topological polar surface area (TPSA) is 80.5 Å². The first kappa shape index (κ1) is 19.1. The highest BCUT2D eigenvalue weighted by Crippen LogP contribution is 2.30. The number of amides is 1. The van der Waals surface area contributed by atoms with Gasteiger partial charge in [0.25, 0.3) is 0 Å². The highest BCUT2D eigenvalue weighted by molar-refractivity contribution is 5.97. The standard InChI is InChI=1S/C22H24N4O3/c1-28-18-10-8-16(9-11-18)19-6-2-3-7-20(19)24-22(27)17-5-4-12-26(13-17)14-21-23-15-29-25-21/h2-3,6-11,15,17H,4-5,12-14H2,1H3,(H,24,27)/t17-/m0/s1. The molecule has 29 heavy (non-hydrogen) atoms.